The maximum Gasteiger partial charge on any atom is 0.0144 e. The van der Waals surface area contributed by atoms with Crippen molar-refractivity contribution in [3.63, 3.8) is 0 Å². The molecule has 0 N–H and O–H groups in total. The molecule has 0 saturated carbocycles. The van der Waals surface area contributed by atoms with Gasteiger partial charge in [0.2, 0.25) is 0 Å². The lowest BCUT2D eigenvalue weighted by molar-refractivity contribution is 1.33. The van der Waals surface area contributed by atoms with Crippen molar-refractivity contribution in [2.75, 3.05) is 6.26 Å². The highest BCUT2D eigenvalue weighted by Crippen LogP contribution is 2.26. The smallest absolute Gasteiger partial charge is 0.0144 e. The van der Waals surface area contributed by atoms with Crippen molar-refractivity contribution in [2.45, 2.75) is 18.7 Å². The highest BCUT2D eigenvalue weighted by Gasteiger charge is 2.01. The van der Waals surface area contributed by atoms with E-state index in [2.05, 4.69) is 44.9 Å². The summed E-state index contributed by atoms with van der Waals surface area (Å²) in [6.07, 6.45) is 2.09. The van der Waals surface area contributed by atoms with Crippen LogP contribution in [0, 0.1) is 6.92 Å². The van der Waals surface area contributed by atoms with Gasteiger partial charge in [0.1, 0.15) is 0 Å². The normalized spacial score (nSPS) is 9.92. The number of thioether (sulfide) groups is 1. The molecular weight excluding hydrogens is 164 g/mol. The van der Waals surface area contributed by atoms with Crippen LogP contribution in [0.4, 0.5) is 0 Å². The van der Waals surface area contributed by atoms with Gasteiger partial charge in [-0.3, -0.25) is 0 Å². The van der Waals surface area contributed by atoms with Gasteiger partial charge in [-0.1, -0.05) is 24.3 Å². The molecule has 0 atom stereocenters. The van der Waals surface area contributed by atoms with Gasteiger partial charge in [0, 0.05) is 4.90 Å². The largest absolute Gasteiger partial charge is 0.129 e. The first kappa shape index (κ1) is 9.40. The van der Waals surface area contributed by atoms with Crippen molar-refractivity contribution in [1.29, 1.82) is 0 Å². The third-order valence-corrected chi connectivity index (χ3v) is 2.61. The number of hydrogen-bond donors (Lipinski definition) is 0. The molecule has 0 amide bonds. The molecule has 1 aromatic carbocycles. The van der Waals surface area contributed by atoms with E-state index in [9.17, 15) is 0 Å². The van der Waals surface area contributed by atoms with Gasteiger partial charge >= 0.3 is 0 Å². The minimum absolute atomic E-state index is 1.14. The second-order valence-electron chi connectivity index (χ2n) is 2.98. The Morgan fingerprint density at radius 1 is 1.42 bits per heavy atom. The summed E-state index contributed by atoms with van der Waals surface area (Å²) in [5.74, 6) is 0. The van der Waals surface area contributed by atoms with E-state index in [-0.39, 0.29) is 0 Å². The van der Waals surface area contributed by atoms with Gasteiger partial charge in [-0.05, 0) is 37.3 Å². The molecule has 0 aliphatic carbocycles. The number of allylic oxidation sites excluding steroid dienone is 1. The topological polar surface area (TPSA) is 0 Å². The SMILES string of the molecule is C=C(C)c1cc(C)ccc1SC. The first-order valence-corrected chi connectivity index (χ1v) is 5.18. The molecule has 12 heavy (non-hydrogen) atoms. The van der Waals surface area contributed by atoms with Crippen LogP contribution in [-0.4, -0.2) is 6.26 Å². The zero-order chi connectivity index (χ0) is 9.14. The minimum atomic E-state index is 1.14. The van der Waals surface area contributed by atoms with Crippen molar-refractivity contribution in [2.24, 2.45) is 0 Å². The molecule has 0 heterocycles. The van der Waals surface area contributed by atoms with Crippen LogP contribution >= 0.6 is 11.8 Å². The zero-order valence-corrected chi connectivity index (χ0v) is 8.66. The Balaban J connectivity index is 3.21. The molecule has 1 aromatic rings. The highest BCUT2D eigenvalue weighted by molar-refractivity contribution is 7.98. The quantitative estimate of drug-likeness (QED) is 0.621. The van der Waals surface area contributed by atoms with E-state index in [0.717, 1.165) is 5.57 Å². The van der Waals surface area contributed by atoms with Crippen molar-refractivity contribution in [3.05, 3.63) is 35.9 Å². The Hall–Kier alpha value is -0.690. The van der Waals surface area contributed by atoms with Gasteiger partial charge in [0.05, 0.1) is 0 Å². The highest BCUT2D eigenvalue weighted by atomic mass is 32.2. The lowest BCUT2D eigenvalue weighted by Gasteiger charge is -2.07. The number of hydrogen-bond acceptors (Lipinski definition) is 1. The van der Waals surface area contributed by atoms with E-state index in [1.165, 1.54) is 16.0 Å². The van der Waals surface area contributed by atoms with E-state index in [1.807, 2.05) is 0 Å². The van der Waals surface area contributed by atoms with Crippen molar-refractivity contribution in [1.82, 2.24) is 0 Å². The Morgan fingerprint density at radius 3 is 2.58 bits per heavy atom. The van der Waals surface area contributed by atoms with Crippen LogP contribution in [0.3, 0.4) is 0 Å². The standard InChI is InChI=1S/C11H14S/c1-8(2)10-7-9(3)5-6-11(10)12-4/h5-7H,1H2,2-4H3. The van der Waals surface area contributed by atoms with E-state index >= 15 is 0 Å². The van der Waals surface area contributed by atoms with Gasteiger partial charge < -0.3 is 0 Å². The van der Waals surface area contributed by atoms with Crippen LogP contribution in [0.1, 0.15) is 18.1 Å². The summed E-state index contributed by atoms with van der Waals surface area (Å²) in [6, 6.07) is 6.48. The molecule has 1 heteroatoms. The average Bonchev–Trinajstić information content (AvgIpc) is 2.04. The maximum atomic E-state index is 3.96. The summed E-state index contributed by atoms with van der Waals surface area (Å²) >= 11 is 1.77. The van der Waals surface area contributed by atoms with Gasteiger partial charge in [-0.25, -0.2) is 0 Å². The van der Waals surface area contributed by atoms with Crippen LogP contribution in [-0.2, 0) is 0 Å². The van der Waals surface area contributed by atoms with E-state index in [4.69, 9.17) is 0 Å². The second-order valence-corrected chi connectivity index (χ2v) is 3.83. The molecule has 0 spiro atoms. The van der Waals surface area contributed by atoms with E-state index in [1.54, 1.807) is 11.8 Å². The van der Waals surface area contributed by atoms with Crippen LogP contribution in [0.5, 0.6) is 0 Å². The molecule has 0 aliphatic rings. The van der Waals surface area contributed by atoms with Gasteiger partial charge in [0.25, 0.3) is 0 Å². The summed E-state index contributed by atoms with van der Waals surface area (Å²) in [6.45, 7) is 8.12. The van der Waals surface area contributed by atoms with E-state index < -0.39 is 0 Å². The van der Waals surface area contributed by atoms with Gasteiger partial charge in [-0.15, -0.1) is 11.8 Å². The molecule has 0 aliphatic heterocycles. The third kappa shape index (κ3) is 1.92. The first-order valence-electron chi connectivity index (χ1n) is 3.95. The summed E-state index contributed by atoms with van der Waals surface area (Å²) in [7, 11) is 0. The molecule has 0 aromatic heterocycles. The summed E-state index contributed by atoms with van der Waals surface area (Å²) in [5.41, 5.74) is 3.72. The summed E-state index contributed by atoms with van der Waals surface area (Å²) < 4.78 is 0. The Labute approximate surface area is 78.7 Å². The molecule has 0 radical (unpaired) electrons. The Bertz CT molecular complexity index is 300. The molecule has 64 valence electrons. The average molecular weight is 178 g/mol. The van der Waals surface area contributed by atoms with Crippen LogP contribution in [0.15, 0.2) is 29.7 Å². The van der Waals surface area contributed by atoms with Gasteiger partial charge in [-0.2, -0.15) is 0 Å². The number of aryl methyl sites for hydroxylation is 1. The number of rotatable bonds is 2. The van der Waals surface area contributed by atoms with E-state index in [0.29, 0.717) is 0 Å². The fourth-order valence-electron chi connectivity index (χ4n) is 1.16. The Kier molecular flexibility index (Phi) is 2.99. The molecule has 0 fully saturated rings. The molecule has 0 bridgehead atoms. The molecule has 0 saturated heterocycles. The first-order chi connectivity index (χ1) is 5.65. The lowest BCUT2D eigenvalue weighted by atomic mass is 10.1. The maximum absolute atomic E-state index is 3.96. The molecular formula is C11H14S. The Morgan fingerprint density at radius 2 is 2.08 bits per heavy atom. The van der Waals surface area contributed by atoms with Crippen LogP contribution < -0.4 is 0 Å². The molecule has 0 nitrogen and oxygen atoms in total. The lowest BCUT2D eigenvalue weighted by Crippen LogP contribution is -1.84. The molecule has 0 unspecified atom stereocenters. The third-order valence-electron chi connectivity index (χ3n) is 1.81. The minimum Gasteiger partial charge on any atom is -0.129 e. The number of benzene rings is 1. The monoisotopic (exact) mass is 178 g/mol. The summed E-state index contributed by atoms with van der Waals surface area (Å²) in [4.78, 5) is 1.31. The van der Waals surface area contributed by atoms with Gasteiger partial charge in [0.15, 0.2) is 0 Å². The summed E-state index contributed by atoms with van der Waals surface area (Å²) in [5, 5.41) is 0. The fraction of sp³-hybridized carbons (Fsp3) is 0.273. The fourth-order valence-corrected chi connectivity index (χ4v) is 1.81. The second kappa shape index (κ2) is 3.81. The molecule has 1 rings (SSSR count). The van der Waals surface area contributed by atoms with Crippen molar-refractivity contribution < 1.29 is 0 Å². The predicted octanol–water partition coefficient (Wildman–Crippen LogP) is 3.75. The zero-order valence-electron chi connectivity index (χ0n) is 7.85. The van der Waals surface area contributed by atoms with Crippen LogP contribution in [0.25, 0.3) is 5.57 Å². The predicted molar refractivity (Wildman–Crippen MR) is 57.7 cm³/mol. The van der Waals surface area contributed by atoms with Crippen molar-refractivity contribution in [3.8, 4) is 0 Å². The van der Waals surface area contributed by atoms with Crippen molar-refractivity contribution >= 4 is 17.3 Å². The van der Waals surface area contributed by atoms with Crippen LogP contribution in [0.2, 0.25) is 0 Å².